The van der Waals surface area contributed by atoms with Crippen LogP contribution in [0.2, 0.25) is 0 Å². The molecule has 76 valence electrons. The SMILES string of the molecule is C[C@H](CO)NC(=O)N1CCOCC1. The van der Waals surface area contributed by atoms with Gasteiger partial charge >= 0.3 is 6.03 Å². The minimum absolute atomic E-state index is 0.0317. The molecule has 0 aromatic heterocycles. The smallest absolute Gasteiger partial charge is 0.317 e. The molecule has 0 aromatic rings. The van der Waals surface area contributed by atoms with Crippen LogP contribution in [0.25, 0.3) is 0 Å². The average molecular weight is 188 g/mol. The molecule has 1 aliphatic rings. The van der Waals surface area contributed by atoms with Crippen molar-refractivity contribution in [2.45, 2.75) is 13.0 Å². The van der Waals surface area contributed by atoms with E-state index in [0.717, 1.165) is 0 Å². The minimum Gasteiger partial charge on any atom is -0.394 e. The summed E-state index contributed by atoms with van der Waals surface area (Å²) in [5.41, 5.74) is 0. The van der Waals surface area contributed by atoms with Gasteiger partial charge in [-0.2, -0.15) is 0 Å². The first-order valence-electron chi connectivity index (χ1n) is 4.48. The van der Waals surface area contributed by atoms with Gasteiger partial charge in [0.05, 0.1) is 25.9 Å². The maximum Gasteiger partial charge on any atom is 0.317 e. The molecule has 2 N–H and O–H groups in total. The third-order valence-corrected chi connectivity index (χ3v) is 1.94. The van der Waals surface area contributed by atoms with Crippen LogP contribution >= 0.6 is 0 Å². The number of hydrogen-bond donors (Lipinski definition) is 2. The third-order valence-electron chi connectivity index (χ3n) is 1.94. The summed E-state index contributed by atoms with van der Waals surface area (Å²) in [6, 6.07) is -0.305. The van der Waals surface area contributed by atoms with Crippen LogP contribution < -0.4 is 5.32 Å². The lowest BCUT2D eigenvalue weighted by atomic mass is 10.3. The number of ether oxygens (including phenoxy) is 1. The van der Waals surface area contributed by atoms with E-state index in [1.165, 1.54) is 0 Å². The van der Waals surface area contributed by atoms with Crippen LogP contribution in [-0.4, -0.2) is 55.0 Å². The number of amides is 2. The standard InChI is InChI=1S/C8H16N2O3/c1-7(6-11)9-8(12)10-2-4-13-5-3-10/h7,11H,2-6H2,1H3,(H,9,12)/t7-/m1/s1. The Morgan fingerprint density at radius 1 is 1.62 bits per heavy atom. The van der Waals surface area contributed by atoms with E-state index in [1.54, 1.807) is 11.8 Å². The molecule has 2 amide bonds. The molecule has 0 aliphatic carbocycles. The van der Waals surface area contributed by atoms with Crippen molar-refractivity contribution in [3.63, 3.8) is 0 Å². The number of morpholine rings is 1. The predicted molar refractivity (Wildman–Crippen MR) is 47.5 cm³/mol. The second kappa shape index (κ2) is 5.04. The Kier molecular flexibility index (Phi) is 3.98. The minimum atomic E-state index is -0.185. The number of aliphatic hydroxyl groups is 1. The van der Waals surface area contributed by atoms with Crippen LogP contribution in [-0.2, 0) is 4.74 Å². The van der Waals surface area contributed by atoms with Gasteiger partial charge in [0.2, 0.25) is 0 Å². The molecule has 1 saturated heterocycles. The fourth-order valence-electron chi connectivity index (χ4n) is 1.11. The topological polar surface area (TPSA) is 61.8 Å². The Morgan fingerprint density at radius 2 is 2.23 bits per heavy atom. The van der Waals surface area contributed by atoms with E-state index in [-0.39, 0.29) is 18.7 Å². The lowest BCUT2D eigenvalue weighted by Gasteiger charge is -2.28. The van der Waals surface area contributed by atoms with Crippen LogP contribution in [0.5, 0.6) is 0 Å². The summed E-state index contributed by atoms with van der Waals surface area (Å²) in [7, 11) is 0. The highest BCUT2D eigenvalue weighted by atomic mass is 16.5. The van der Waals surface area contributed by atoms with Crippen LogP contribution in [0, 0.1) is 0 Å². The molecular weight excluding hydrogens is 172 g/mol. The second-order valence-corrected chi connectivity index (χ2v) is 3.13. The van der Waals surface area contributed by atoms with Gasteiger partial charge in [-0.25, -0.2) is 4.79 Å². The summed E-state index contributed by atoms with van der Waals surface area (Å²) < 4.78 is 5.11. The van der Waals surface area contributed by atoms with E-state index in [1.807, 2.05) is 0 Å². The number of aliphatic hydroxyl groups excluding tert-OH is 1. The zero-order chi connectivity index (χ0) is 9.68. The Hall–Kier alpha value is -0.810. The predicted octanol–water partition coefficient (Wildman–Crippen LogP) is -0.591. The molecule has 0 saturated carbocycles. The highest BCUT2D eigenvalue weighted by Gasteiger charge is 2.17. The number of carbonyl (C=O) groups excluding carboxylic acids is 1. The fraction of sp³-hybridized carbons (Fsp3) is 0.875. The molecule has 1 fully saturated rings. The largest absolute Gasteiger partial charge is 0.394 e. The molecule has 1 rings (SSSR count). The van der Waals surface area contributed by atoms with Crippen molar-refractivity contribution in [3.05, 3.63) is 0 Å². The summed E-state index contributed by atoms with van der Waals surface area (Å²) in [6.07, 6.45) is 0. The van der Waals surface area contributed by atoms with Gasteiger partial charge in [-0.3, -0.25) is 0 Å². The van der Waals surface area contributed by atoms with Gasteiger partial charge in [-0.1, -0.05) is 0 Å². The fourth-order valence-corrected chi connectivity index (χ4v) is 1.11. The number of carbonyl (C=O) groups is 1. The van der Waals surface area contributed by atoms with Crippen molar-refractivity contribution in [3.8, 4) is 0 Å². The van der Waals surface area contributed by atoms with Gasteiger partial charge < -0.3 is 20.1 Å². The number of nitrogens with zero attached hydrogens (tertiary/aromatic N) is 1. The van der Waals surface area contributed by atoms with Crippen LogP contribution in [0.4, 0.5) is 4.79 Å². The first-order valence-corrected chi connectivity index (χ1v) is 4.48. The molecule has 0 radical (unpaired) electrons. The maximum absolute atomic E-state index is 11.4. The van der Waals surface area contributed by atoms with Crippen LogP contribution in [0.1, 0.15) is 6.92 Å². The zero-order valence-electron chi connectivity index (χ0n) is 7.82. The molecule has 0 aromatic carbocycles. The van der Waals surface area contributed by atoms with Crippen molar-refractivity contribution in [2.24, 2.45) is 0 Å². The normalized spacial score (nSPS) is 19.7. The van der Waals surface area contributed by atoms with Crippen molar-refractivity contribution >= 4 is 6.03 Å². The molecule has 1 heterocycles. The van der Waals surface area contributed by atoms with E-state index < -0.39 is 0 Å². The number of rotatable bonds is 2. The maximum atomic E-state index is 11.4. The monoisotopic (exact) mass is 188 g/mol. The molecule has 0 spiro atoms. The lowest BCUT2D eigenvalue weighted by Crippen LogP contribution is -2.49. The van der Waals surface area contributed by atoms with Crippen molar-refractivity contribution in [1.29, 1.82) is 0 Å². The average Bonchev–Trinajstić information content (AvgIpc) is 2.19. The summed E-state index contributed by atoms with van der Waals surface area (Å²) in [6.45, 7) is 4.18. The molecule has 5 nitrogen and oxygen atoms in total. The van der Waals surface area contributed by atoms with E-state index in [0.29, 0.717) is 26.3 Å². The van der Waals surface area contributed by atoms with E-state index in [2.05, 4.69) is 5.32 Å². The first kappa shape index (κ1) is 10.3. The van der Waals surface area contributed by atoms with Gasteiger partial charge in [0.15, 0.2) is 0 Å². The Labute approximate surface area is 77.7 Å². The molecule has 1 aliphatic heterocycles. The van der Waals surface area contributed by atoms with Gasteiger partial charge in [0.25, 0.3) is 0 Å². The van der Waals surface area contributed by atoms with Gasteiger partial charge in [0, 0.05) is 13.1 Å². The second-order valence-electron chi connectivity index (χ2n) is 3.13. The molecular formula is C8H16N2O3. The molecule has 0 bridgehead atoms. The van der Waals surface area contributed by atoms with Gasteiger partial charge in [0.1, 0.15) is 0 Å². The Balaban J connectivity index is 2.29. The highest BCUT2D eigenvalue weighted by molar-refractivity contribution is 5.74. The first-order chi connectivity index (χ1) is 6.24. The van der Waals surface area contributed by atoms with Crippen molar-refractivity contribution in [2.75, 3.05) is 32.9 Å². The van der Waals surface area contributed by atoms with E-state index >= 15 is 0 Å². The molecule has 1 atom stereocenters. The van der Waals surface area contributed by atoms with E-state index in [9.17, 15) is 4.79 Å². The molecule has 0 unspecified atom stereocenters. The van der Waals surface area contributed by atoms with Crippen molar-refractivity contribution in [1.82, 2.24) is 10.2 Å². The van der Waals surface area contributed by atoms with Crippen LogP contribution in [0.3, 0.4) is 0 Å². The summed E-state index contributed by atoms with van der Waals surface area (Å²) in [5, 5.41) is 11.4. The summed E-state index contributed by atoms with van der Waals surface area (Å²) in [5.74, 6) is 0. The lowest BCUT2D eigenvalue weighted by molar-refractivity contribution is 0.0520. The highest BCUT2D eigenvalue weighted by Crippen LogP contribution is 1.97. The third kappa shape index (κ3) is 3.20. The quantitative estimate of drug-likeness (QED) is 0.609. The Bertz CT molecular complexity index is 169. The van der Waals surface area contributed by atoms with Gasteiger partial charge in [-0.05, 0) is 6.92 Å². The van der Waals surface area contributed by atoms with Crippen LogP contribution in [0.15, 0.2) is 0 Å². The summed E-state index contributed by atoms with van der Waals surface area (Å²) in [4.78, 5) is 13.1. The Morgan fingerprint density at radius 3 is 2.77 bits per heavy atom. The molecule has 13 heavy (non-hydrogen) atoms. The number of nitrogens with one attached hydrogen (secondary N) is 1. The van der Waals surface area contributed by atoms with Crippen molar-refractivity contribution < 1.29 is 14.6 Å². The number of hydrogen-bond acceptors (Lipinski definition) is 3. The van der Waals surface area contributed by atoms with Gasteiger partial charge in [-0.15, -0.1) is 0 Å². The summed E-state index contributed by atoms with van der Waals surface area (Å²) >= 11 is 0. The van der Waals surface area contributed by atoms with E-state index in [4.69, 9.17) is 9.84 Å². The number of urea groups is 1. The zero-order valence-corrected chi connectivity index (χ0v) is 7.82. The molecule has 5 heteroatoms.